The van der Waals surface area contributed by atoms with Crippen molar-refractivity contribution in [2.45, 2.75) is 25.4 Å². The fourth-order valence-corrected chi connectivity index (χ4v) is 4.28. The number of rotatable bonds is 5. The van der Waals surface area contributed by atoms with E-state index >= 15 is 0 Å². The second kappa shape index (κ2) is 8.14. The van der Waals surface area contributed by atoms with Crippen LogP contribution in [0.1, 0.15) is 18.6 Å². The van der Waals surface area contributed by atoms with Gasteiger partial charge in [0.25, 0.3) is 0 Å². The van der Waals surface area contributed by atoms with Gasteiger partial charge >= 0.3 is 0 Å². The Morgan fingerprint density at radius 3 is 2.42 bits per heavy atom. The van der Waals surface area contributed by atoms with E-state index in [0.29, 0.717) is 0 Å². The van der Waals surface area contributed by atoms with Crippen molar-refractivity contribution in [3.8, 4) is 5.75 Å². The molecule has 0 aliphatic carbocycles. The van der Waals surface area contributed by atoms with E-state index in [4.69, 9.17) is 9.15 Å². The van der Waals surface area contributed by atoms with Crippen LogP contribution in [-0.2, 0) is 6.54 Å². The normalized spacial score (nSPS) is 20.4. The van der Waals surface area contributed by atoms with Gasteiger partial charge in [-0.1, -0.05) is 12.1 Å². The van der Waals surface area contributed by atoms with Gasteiger partial charge in [-0.25, -0.2) is 0 Å². The molecule has 0 bridgehead atoms. The van der Waals surface area contributed by atoms with E-state index in [1.807, 2.05) is 12.1 Å². The molecule has 1 aromatic carbocycles. The van der Waals surface area contributed by atoms with Gasteiger partial charge in [-0.2, -0.15) is 0 Å². The molecule has 1 aromatic heterocycles. The molecule has 26 heavy (non-hydrogen) atoms. The van der Waals surface area contributed by atoms with Crippen LogP contribution < -0.4 is 9.64 Å². The molecule has 2 aliphatic heterocycles. The molecule has 140 valence electrons. The lowest BCUT2D eigenvalue weighted by Crippen LogP contribution is -2.53. The molecule has 0 saturated carbocycles. The monoisotopic (exact) mass is 355 g/mol. The summed E-state index contributed by atoms with van der Waals surface area (Å²) in [7, 11) is 1.76. The third kappa shape index (κ3) is 3.89. The summed E-state index contributed by atoms with van der Waals surface area (Å²) in [5.41, 5.74) is 1.22. The molecule has 3 heterocycles. The van der Waals surface area contributed by atoms with Crippen LogP contribution in [0.4, 0.5) is 5.69 Å². The predicted octanol–water partition coefficient (Wildman–Crippen LogP) is 3.07. The van der Waals surface area contributed by atoms with E-state index in [-0.39, 0.29) is 0 Å². The van der Waals surface area contributed by atoms with Crippen LogP contribution in [0.15, 0.2) is 47.1 Å². The highest BCUT2D eigenvalue weighted by molar-refractivity contribution is 5.58. The SMILES string of the molecule is COc1ccccc1N1CCN(C2CCN(Cc3ccco3)CC2)CC1. The molecule has 2 saturated heterocycles. The Labute approximate surface area is 156 Å². The summed E-state index contributed by atoms with van der Waals surface area (Å²) in [6, 6.07) is 13.1. The summed E-state index contributed by atoms with van der Waals surface area (Å²) in [6.07, 6.45) is 4.29. The predicted molar refractivity (Wildman–Crippen MR) is 104 cm³/mol. The molecule has 0 spiro atoms. The largest absolute Gasteiger partial charge is 0.495 e. The fourth-order valence-electron chi connectivity index (χ4n) is 4.28. The van der Waals surface area contributed by atoms with E-state index < -0.39 is 0 Å². The molecule has 5 nitrogen and oxygen atoms in total. The van der Waals surface area contributed by atoms with Crippen LogP contribution in [-0.4, -0.2) is 62.2 Å². The Bertz CT molecular complexity index is 672. The van der Waals surface area contributed by atoms with Crippen LogP contribution in [0.2, 0.25) is 0 Å². The summed E-state index contributed by atoms with van der Waals surface area (Å²) in [6.45, 7) is 7.71. The molecule has 0 amide bonds. The zero-order chi connectivity index (χ0) is 17.8. The molecule has 5 heteroatoms. The lowest BCUT2D eigenvalue weighted by atomic mass is 10.0. The van der Waals surface area contributed by atoms with E-state index in [9.17, 15) is 0 Å². The number of methoxy groups -OCH3 is 1. The molecular formula is C21H29N3O2. The van der Waals surface area contributed by atoms with Crippen LogP contribution in [0.25, 0.3) is 0 Å². The van der Waals surface area contributed by atoms with Crippen molar-refractivity contribution in [1.29, 1.82) is 0 Å². The first-order valence-corrected chi connectivity index (χ1v) is 9.70. The average Bonchev–Trinajstić information content (AvgIpc) is 3.22. The first kappa shape index (κ1) is 17.4. The van der Waals surface area contributed by atoms with Gasteiger partial charge in [-0.05, 0) is 37.1 Å². The summed E-state index contributed by atoms with van der Waals surface area (Å²) in [5, 5.41) is 0. The lowest BCUT2D eigenvalue weighted by Gasteiger charge is -2.43. The molecule has 2 fully saturated rings. The van der Waals surface area contributed by atoms with Gasteiger partial charge < -0.3 is 14.1 Å². The number of benzene rings is 1. The number of piperidine rings is 1. The quantitative estimate of drug-likeness (QED) is 0.823. The topological polar surface area (TPSA) is 32.1 Å². The van der Waals surface area contributed by atoms with Crippen molar-refractivity contribution >= 4 is 5.69 Å². The van der Waals surface area contributed by atoms with E-state index in [2.05, 4.69) is 39.0 Å². The smallest absolute Gasteiger partial charge is 0.142 e. The maximum atomic E-state index is 5.53. The standard InChI is InChI=1S/C21H29N3O2/c1-25-21-7-3-2-6-20(21)24-14-12-23(13-15-24)18-8-10-22(11-9-18)17-19-5-4-16-26-19/h2-7,16,18H,8-15,17H2,1H3. The van der Waals surface area contributed by atoms with Gasteiger partial charge in [0.2, 0.25) is 0 Å². The van der Waals surface area contributed by atoms with E-state index in [1.54, 1.807) is 13.4 Å². The van der Waals surface area contributed by atoms with E-state index in [0.717, 1.165) is 63.4 Å². The van der Waals surface area contributed by atoms with Crippen molar-refractivity contribution in [1.82, 2.24) is 9.80 Å². The lowest BCUT2D eigenvalue weighted by molar-refractivity contribution is 0.0962. The zero-order valence-electron chi connectivity index (χ0n) is 15.6. The molecule has 0 radical (unpaired) electrons. The van der Waals surface area contributed by atoms with Crippen LogP contribution in [0.3, 0.4) is 0 Å². The maximum Gasteiger partial charge on any atom is 0.142 e. The van der Waals surface area contributed by atoms with Crippen molar-refractivity contribution < 1.29 is 9.15 Å². The number of hydrogen-bond donors (Lipinski definition) is 0. The Hall–Kier alpha value is -1.98. The van der Waals surface area contributed by atoms with Gasteiger partial charge in [0.1, 0.15) is 11.5 Å². The Morgan fingerprint density at radius 1 is 0.962 bits per heavy atom. The summed E-state index contributed by atoms with van der Waals surface area (Å²) >= 11 is 0. The third-order valence-electron chi connectivity index (χ3n) is 5.77. The van der Waals surface area contributed by atoms with Crippen molar-refractivity contribution in [3.05, 3.63) is 48.4 Å². The zero-order valence-corrected chi connectivity index (χ0v) is 15.6. The summed E-state index contributed by atoms with van der Waals surface area (Å²) in [4.78, 5) is 7.66. The summed E-state index contributed by atoms with van der Waals surface area (Å²) < 4.78 is 11.0. The van der Waals surface area contributed by atoms with Gasteiger partial charge in [-0.15, -0.1) is 0 Å². The van der Waals surface area contributed by atoms with Gasteiger partial charge in [0.05, 0.1) is 25.6 Å². The minimum Gasteiger partial charge on any atom is -0.495 e. The minimum atomic E-state index is 0.725. The number of nitrogens with zero attached hydrogens (tertiary/aromatic N) is 3. The van der Waals surface area contributed by atoms with Crippen LogP contribution in [0.5, 0.6) is 5.75 Å². The van der Waals surface area contributed by atoms with Crippen molar-refractivity contribution in [2.24, 2.45) is 0 Å². The average molecular weight is 355 g/mol. The van der Waals surface area contributed by atoms with E-state index in [1.165, 1.54) is 18.5 Å². The van der Waals surface area contributed by atoms with Gasteiger partial charge in [0.15, 0.2) is 0 Å². The molecule has 2 aliphatic rings. The first-order valence-electron chi connectivity index (χ1n) is 9.70. The molecule has 2 aromatic rings. The first-order chi connectivity index (χ1) is 12.8. The highest BCUT2D eigenvalue weighted by atomic mass is 16.5. The number of piperazine rings is 1. The van der Waals surface area contributed by atoms with Crippen LogP contribution in [0, 0.1) is 0 Å². The number of hydrogen-bond acceptors (Lipinski definition) is 5. The highest BCUT2D eigenvalue weighted by Crippen LogP contribution is 2.29. The number of anilines is 1. The van der Waals surface area contributed by atoms with Crippen molar-refractivity contribution in [3.63, 3.8) is 0 Å². The highest BCUT2D eigenvalue weighted by Gasteiger charge is 2.28. The maximum absolute atomic E-state index is 5.53. The molecule has 0 unspecified atom stereocenters. The third-order valence-corrected chi connectivity index (χ3v) is 5.77. The molecule has 0 atom stereocenters. The molecular weight excluding hydrogens is 326 g/mol. The van der Waals surface area contributed by atoms with Gasteiger partial charge in [-0.3, -0.25) is 9.80 Å². The second-order valence-corrected chi connectivity index (χ2v) is 7.28. The Morgan fingerprint density at radius 2 is 1.73 bits per heavy atom. The minimum absolute atomic E-state index is 0.725. The van der Waals surface area contributed by atoms with Crippen LogP contribution >= 0.6 is 0 Å². The molecule has 0 N–H and O–H groups in total. The Balaban J connectivity index is 1.26. The van der Waals surface area contributed by atoms with Crippen molar-refractivity contribution in [2.75, 3.05) is 51.3 Å². The summed E-state index contributed by atoms with van der Waals surface area (Å²) in [5.74, 6) is 2.06. The Kier molecular flexibility index (Phi) is 5.46. The number of ether oxygens (including phenoxy) is 1. The second-order valence-electron chi connectivity index (χ2n) is 7.28. The fraction of sp³-hybridized carbons (Fsp3) is 0.524. The molecule has 4 rings (SSSR count). The number of likely N-dealkylation sites (tertiary alicyclic amines) is 1. The van der Waals surface area contributed by atoms with Gasteiger partial charge in [0, 0.05) is 45.3 Å². The number of para-hydroxylation sites is 2. The number of furan rings is 1.